The molecule has 0 unspecified atom stereocenters. The summed E-state index contributed by atoms with van der Waals surface area (Å²) >= 11 is 1.76. The molecule has 0 saturated heterocycles. The molecule has 0 saturated carbocycles. The summed E-state index contributed by atoms with van der Waals surface area (Å²) in [5.41, 5.74) is 1.00. The number of thioether (sulfide) groups is 1. The number of aromatic nitrogens is 2. The zero-order valence-corrected chi connectivity index (χ0v) is 15.9. The minimum Gasteiger partial charge on any atom is -0.457 e. The predicted molar refractivity (Wildman–Crippen MR) is 105 cm³/mol. The van der Waals surface area contributed by atoms with Gasteiger partial charge < -0.3 is 9.73 Å². The van der Waals surface area contributed by atoms with Crippen molar-refractivity contribution in [1.29, 1.82) is 0 Å². The Morgan fingerprint density at radius 3 is 2.86 bits per heavy atom. The third kappa shape index (κ3) is 4.05. The Bertz CT molecular complexity index is 1090. The van der Waals surface area contributed by atoms with Gasteiger partial charge in [0, 0.05) is 6.20 Å². The lowest BCUT2D eigenvalue weighted by atomic mass is 10.2. The highest BCUT2D eigenvalue weighted by Crippen LogP contribution is 2.31. The van der Waals surface area contributed by atoms with Gasteiger partial charge in [0.05, 0.1) is 22.3 Å². The molecule has 0 fully saturated rings. The van der Waals surface area contributed by atoms with Crippen molar-refractivity contribution >= 4 is 39.2 Å². The van der Waals surface area contributed by atoms with Crippen LogP contribution in [0.1, 0.15) is 16.1 Å². The SMILES string of the molecule is O=C(NCc1ccc(-c2nc3ccccc3s2)o1)c1cccnc1SC(F)F. The van der Waals surface area contributed by atoms with Crippen LogP contribution < -0.4 is 5.32 Å². The van der Waals surface area contributed by atoms with Crippen LogP contribution in [0.3, 0.4) is 0 Å². The molecule has 0 aliphatic heterocycles. The zero-order valence-electron chi connectivity index (χ0n) is 14.3. The van der Waals surface area contributed by atoms with E-state index in [-0.39, 0.29) is 28.9 Å². The molecule has 0 aliphatic rings. The first-order valence-electron chi connectivity index (χ1n) is 8.23. The second kappa shape index (κ2) is 8.07. The van der Waals surface area contributed by atoms with E-state index in [9.17, 15) is 13.6 Å². The van der Waals surface area contributed by atoms with Crippen LogP contribution in [0.2, 0.25) is 0 Å². The molecule has 4 rings (SSSR count). The number of halogens is 2. The highest BCUT2D eigenvalue weighted by molar-refractivity contribution is 7.99. The average molecular weight is 417 g/mol. The molecule has 0 atom stereocenters. The second-order valence-electron chi connectivity index (χ2n) is 5.67. The quantitative estimate of drug-likeness (QED) is 0.437. The number of rotatable bonds is 6. The van der Waals surface area contributed by atoms with Crippen LogP contribution in [0.25, 0.3) is 21.0 Å². The second-order valence-corrected chi connectivity index (χ2v) is 7.68. The molecule has 5 nitrogen and oxygen atoms in total. The smallest absolute Gasteiger partial charge is 0.290 e. The van der Waals surface area contributed by atoms with E-state index >= 15 is 0 Å². The summed E-state index contributed by atoms with van der Waals surface area (Å²) in [4.78, 5) is 20.7. The number of furan rings is 1. The van der Waals surface area contributed by atoms with Crippen molar-refractivity contribution in [2.24, 2.45) is 0 Å². The van der Waals surface area contributed by atoms with Crippen molar-refractivity contribution in [2.45, 2.75) is 17.3 Å². The lowest BCUT2D eigenvalue weighted by molar-refractivity contribution is 0.0944. The fourth-order valence-corrected chi connectivity index (χ4v) is 4.08. The van der Waals surface area contributed by atoms with Crippen molar-refractivity contribution in [3.63, 3.8) is 0 Å². The topological polar surface area (TPSA) is 68.0 Å². The van der Waals surface area contributed by atoms with Gasteiger partial charge in [-0.2, -0.15) is 8.78 Å². The van der Waals surface area contributed by atoms with E-state index in [1.807, 2.05) is 24.3 Å². The summed E-state index contributed by atoms with van der Waals surface area (Å²) in [6.45, 7) is 0.122. The maximum atomic E-state index is 12.6. The van der Waals surface area contributed by atoms with Gasteiger partial charge in [0.25, 0.3) is 11.7 Å². The average Bonchev–Trinajstić information content (AvgIpc) is 3.32. The monoisotopic (exact) mass is 417 g/mol. The lowest BCUT2D eigenvalue weighted by Crippen LogP contribution is -2.23. The number of hydrogen-bond acceptors (Lipinski definition) is 6. The molecule has 4 aromatic rings. The Balaban J connectivity index is 1.45. The van der Waals surface area contributed by atoms with Gasteiger partial charge in [-0.3, -0.25) is 4.79 Å². The number of carbonyl (C=O) groups is 1. The third-order valence-corrected chi connectivity index (χ3v) is 5.58. The number of alkyl halides is 2. The van der Waals surface area contributed by atoms with Crippen LogP contribution in [0, 0.1) is 0 Å². The van der Waals surface area contributed by atoms with Gasteiger partial charge in [-0.1, -0.05) is 12.1 Å². The number of amides is 1. The summed E-state index contributed by atoms with van der Waals surface area (Å²) < 4.78 is 32.1. The van der Waals surface area contributed by atoms with Gasteiger partial charge in [0.2, 0.25) is 0 Å². The van der Waals surface area contributed by atoms with Crippen molar-refractivity contribution in [3.8, 4) is 10.8 Å². The Morgan fingerprint density at radius 2 is 2.04 bits per heavy atom. The number of para-hydroxylation sites is 1. The van der Waals surface area contributed by atoms with Gasteiger partial charge in [0.15, 0.2) is 10.8 Å². The highest BCUT2D eigenvalue weighted by atomic mass is 32.2. The molecular formula is C19H13F2N3O2S2. The van der Waals surface area contributed by atoms with Crippen molar-refractivity contribution in [2.75, 3.05) is 0 Å². The first kappa shape index (κ1) is 18.6. The molecule has 0 aliphatic carbocycles. The molecule has 0 bridgehead atoms. The minimum atomic E-state index is -2.65. The van der Waals surface area contributed by atoms with E-state index in [0.717, 1.165) is 15.2 Å². The fourth-order valence-electron chi connectivity index (χ4n) is 2.57. The zero-order chi connectivity index (χ0) is 19.5. The van der Waals surface area contributed by atoms with E-state index in [4.69, 9.17) is 4.42 Å². The maximum absolute atomic E-state index is 12.6. The van der Waals surface area contributed by atoms with E-state index in [1.54, 1.807) is 12.1 Å². The van der Waals surface area contributed by atoms with Crippen LogP contribution in [0.5, 0.6) is 0 Å². The molecule has 3 aromatic heterocycles. The molecule has 0 spiro atoms. The summed E-state index contributed by atoms with van der Waals surface area (Å²) in [6.07, 6.45) is 1.37. The Hall–Kier alpha value is -2.78. The van der Waals surface area contributed by atoms with E-state index < -0.39 is 11.7 Å². The van der Waals surface area contributed by atoms with Crippen LogP contribution in [0.4, 0.5) is 8.78 Å². The summed E-state index contributed by atoms with van der Waals surface area (Å²) in [6, 6.07) is 14.3. The van der Waals surface area contributed by atoms with Gasteiger partial charge in [-0.15, -0.1) is 11.3 Å². The third-order valence-electron chi connectivity index (χ3n) is 3.81. The largest absolute Gasteiger partial charge is 0.457 e. The summed E-state index contributed by atoms with van der Waals surface area (Å²) in [5, 5.41) is 3.41. The number of thiazole rings is 1. The molecule has 1 aromatic carbocycles. The number of carbonyl (C=O) groups excluding carboxylic acids is 1. The van der Waals surface area contributed by atoms with Crippen LogP contribution in [-0.2, 0) is 6.54 Å². The molecule has 28 heavy (non-hydrogen) atoms. The van der Waals surface area contributed by atoms with E-state index in [0.29, 0.717) is 11.5 Å². The summed E-state index contributed by atoms with van der Waals surface area (Å²) in [7, 11) is 0. The van der Waals surface area contributed by atoms with Gasteiger partial charge in [-0.05, 0) is 48.2 Å². The number of pyridine rings is 1. The molecule has 1 amide bonds. The van der Waals surface area contributed by atoms with E-state index in [1.165, 1.54) is 29.7 Å². The standard InChI is InChI=1S/C19H13F2N3O2S2/c20-19(21)28-17-12(4-3-9-22-17)16(25)23-10-11-7-8-14(26-11)18-24-13-5-1-2-6-15(13)27-18/h1-9,19H,10H2,(H,23,25). The molecular weight excluding hydrogens is 404 g/mol. The number of nitrogens with zero attached hydrogens (tertiary/aromatic N) is 2. The molecule has 1 N–H and O–H groups in total. The van der Waals surface area contributed by atoms with Crippen molar-refractivity contribution in [1.82, 2.24) is 15.3 Å². The number of nitrogens with one attached hydrogen (secondary N) is 1. The van der Waals surface area contributed by atoms with E-state index in [2.05, 4.69) is 15.3 Å². The van der Waals surface area contributed by atoms with Gasteiger partial charge >= 0.3 is 0 Å². The maximum Gasteiger partial charge on any atom is 0.290 e. The minimum absolute atomic E-state index is 0.00962. The molecule has 142 valence electrons. The number of hydrogen-bond donors (Lipinski definition) is 1. The molecule has 0 radical (unpaired) electrons. The Morgan fingerprint density at radius 1 is 1.18 bits per heavy atom. The Labute approximate surface area is 166 Å². The number of fused-ring (bicyclic) bond motifs is 1. The fraction of sp³-hybridized carbons (Fsp3) is 0.105. The van der Waals surface area contributed by atoms with Crippen LogP contribution in [-0.4, -0.2) is 21.6 Å². The normalized spacial score (nSPS) is 11.2. The lowest BCUT2D eigenvalue weighted by Gasteiger charge is -2.07. The van der Waals surface area contributed by atoms with Gasteiger partial charge in [0.1, 0.15) is 10.8 Å². The van der Waals surface area contributed by atoms with Gasteiger partial charge in [-0.25, -0.2) is 9.97 Å². The summed E-state index contributed by atoms with van der Waals surface area (Å²) in [5.74, 6) is -1.99. The molecule has 9 heteroatoms. The van der Waals surface area contributed by atoms with Crippen LogP contribution >= 0.6 is 23.1 Å². The highest BCUT2D eigenvalue weighted by Gasteiger charge is 2.17. The Kier molecular flexibility index (Phi) is 5.36. The predicted octanol–water partition coefficient (Wildman–Crippen LogP) is 5.20. The molecule has 3 heterocycles. The first-order valence-corrected chi connectivity index (χ1v) is 9.92. The van der Waals surface area contributed by atoms with Crippen molar-refractivity contribution in [3.05, 3.63) is 66.1 Å². The first-order chi connectivity index (χ1) is 13.6. The number of benzene rings is 1. The van der Waals surface area contributed by atoms with Crippen molar-refractivity contribution < 1.29 is 18.0 Å². The van der Waals surface area contributed by atoms with Crippen LogP contribution in [0.15, 0.2) is 64.2 Å².